The summed E-state index contributed by atoms with van der Waals surface area (Å²) in [4.78, 5) is 51.5. The Labute approximate surface area is 190 Å². The average molecular weight is 461 g/mol. The third-order valence-corrected chi connectivity index (χ3v) is 6.31. The van der Waals surface area contributed by atoms with Gasteiger partial charge in [-0.2, -0.15) is 0 Å². The zero-order valence-electron chi connectivity index (χ0n) is 18.9. The number of nitrogens with zero attached hydrogens (tertiary/aromatic N) is 2. The summed E-state index contributed by atoms with van der Waals surface area (Å²) in [5.74, 6) is -2.53. The summed E-state index contributed by atoms with van der Waals surface area (Å²) in [6, 6.07) is 2.19. The number of ether oxygens (including phenoxy) is 1. The molecule has 1 aromatic carbocycles. The lowest BCUT2D eigenvalue weighted by molar-refractivity contribution is -0.136. The van der Waals surface area contributed by atoms with Crippen molar-refractivity contribution in [3.8, 4) is 0 Å². The normalized spacial score (nSPS) is 25.7. The van der Waals surface area contributed by atoms with Crippen LogP contribution in [0.15, 0.2) is 12.1 Å². The van der Waals surface area contributed by atoms with E-state index < -0.39 is 47.4 Å². The Kier molecular flexibility index (Phi) is 5.90. The molecule has 0 bridgehead atoms. The number of nitrogens with one attached hydrogen (secondary N) is 1. The van der Waals surface area contributed by atoms with E-state index in [-0.39, 0.29) is 48.5 Å². The number of fused-ring (bicyclic) bond motifs is 1. The maximum absolute atomic E-state index is 15.5. The number of piperidine rings is 2. The first kappa shape index (κ1) is 23.2. The van der Waals surface area contributed by atoms with Gasteiger partial charge in [0.05, 0.1) is 19.2 Å². The molecular formula is C23H28FN3O6. The molecule has 33 heavy (non-hydrogen) atoms. The second kappa shape index (κ2) is 8.40. The van der Waals surface area contributed by atoms with Crippen LogP contribution in [0, 0.1) is 5.82 Å². The summed E-state index contributed by atoms with van der Waals surface area (Å²) in [6.45, 7) is 5.51. The number of β-amino-alcohol motifs (C(OH)–C–C–N with tert-alkyl or cyclic N) is 1. The molecule has 3 aliphatic rings. The van der Waals surface area contributed by atoms with E-state index in [1.165, 1.54) is 21.9 Å². The zero-order chi connectivity index (χ0) is 24.1. The van der Waals surface area contributed by atoms with Crippen molar-refractivity contribution in [3.05, 3.63) is 34.6 Å². The number of carbonyl (C=O) groups is 4. The van der Waals surface area contributed by atoms with Crippen LogP contribution in [-0.4, -0.2) is 69.6 Å². The van der Waals surface area contributed by atoms with Crippen LogP contribution in [0.3, 0.4) is 0 Å². The van der Waals surface area contributed by atoms with Crippen LogP contribution >= 0.6 is 0 Å². The van der Waals surface area contributed by atoms with Crippen molar-refractivity contribution < 1.29 is 33.4 Å². The maximum Gasteiger partial charge on any atom is 0.410 e. The van der Waals surface area contributed by atoms with E-state index in [0.29, 0.717) is 13.0 Å². The van der Waals surface area contributed by atoms with Crippen LogP contribution in [0.5, 0.6) is 0 Å². The molecule has 178 valence electrons. The smallest absolute Gasteiger partial charge is 0.410 e. The molecule has 0 aliphatic carbocycles. The number of carbonyl (C=O) groups excluding carboxylic acids is 4. The van der Waals surface area contributed by atoms with E-state index in [2.05, 4.69) is 5.32 Å². The minimum Gasteiger partial charge on any atom is -0.444 e. The monoisotopic (exact) mass is 461 g/mol. The van der Waals surface area contributed by atoms with Crippen LogP contribution in [0.4, 0.5) is 9.18 Å². The molecule has 4 amide bonds. The number of rotatable bonds is 2. The van der Waals surface area contributed by atoms with E-state index in [4.69, 9.17) is 4.74 Å². The van der Waals surface area contributed by atoms with Gasteiger partial charge in [-0.15, -0.1) is 0 Å². The van der Waals surface area contributed by atoms with Crippen molar-refractivity contribution in [1.82, 2.24) is 15.1 Å². The molecule has 3 atom stereocenters. The molecule has 0 saturated carbocycles. The minimum atomic E-state index is -0.998. The van der Waals surface area contributed by atoms with Crippen LogP contribution < -0.4 is 5.32 Å². The molecule has 0 aromatic heterocycles. The highest BCUT2D eigenvalue weighted by molar-refractivity contribution is 6.05. The molecule has 3 aliphatic heterocycles. The lowest BCUT2D eigenvalue weighted by Crippen LogP contribution is -2.52. The molecule has 3 unspecified atom stereocenters. The number of aliphatic hydroxyl groups is 1. The van der Waals surface area contributed by atoms with Gasteiger partial charge < -0.3 is 19.6 Å². The molecule has 0 spiro atoms. The molecule has 1 aromatic rings. The molecular weight excluding hydrogens is 433 g/mol. The van der Waals surface area contributed by atoms with Crippen LogP contribution in [-0.2, 0) is 20.9 Å². The first-order chi connectivity index (χ1) is 15.5. The third kappa shape index (κ3) is 4.44. The van der Waals surface area contributed by atoms with Gasteiger partial charge in [-0.05, 0) is 45.2 Å². The number of aliphatic hydroxyl groups excluding tert-OH is 1. The Morgan fingerprint density at radius 3 is 2.58 bits per heavy atom. The molecule has 2 saturated heterocycles. The molecule has 3 heterocycles. The second-order valence-electron chi connectivity index (χ2n) is 9.78. The summed E-state index contributed by atoms with van der Waals surface area (Å²) in [6.07, 6.45) is -0.879. The summed E-state index contributed by atoms with van der Waals surface area (Å²) in [7, 11) is 0. The first-order valence-corrected chi connectivity index (χ1v) is 11.1. The first-order valence-electron chi connectivity index (χ1n) is 11.1. The van der Waals surface area contributed by atoms with E-state index in [0.717, 1.165) is 0 Å². The Morgan fingerprint density at radius 1 is 1.21 bits per heavy atom. The minimum absolute atomic E-state index is 0.0113. The Morgan fingerprint density at radius 2 is 1.94 bits per heavy atom. The number of benzene rings is 1. The predicted molar refractivity (Wildman–Crippen MR) is 114 cm³/mol. The molecule has 2 N–H and O–H groups in total. The average Bonchev–Trinajstić information content (AvgIpc) is 3.05. The van der Waals surface area contributed by atoms with E-state index in [9.17, 15) is 24.3 Å². The van der Waals surface area contributed by atoms with Gasteiger partial charge in [0.1, 0.15) is 17.5 Å². The standard InChI is InChI=1S/C23H28FN3O6/c1-23(2,3)33-22(32)26-9-8-12(17(28)11-26)13-4-5-14-15(19(13)24)10-27(21(14)31)16-6-7-18(29)25-20(16)30/h4-5,12,16-17,28H,6-11H2,1-3H3,(H,25,29,30). The molecule has 4 rings (SSSR count). The zero-order valence-corrected chi connectivity index (χ0v) is 18.9. The van der Waals surface area contributed by atoms with Crippen molar-refractivity contribution in [2.24, 2.45) is 0 Å². The number of likely N-dealkylation sites (tertiary alicyclic amines) is 1. The number of hydrogen-bond donors (Lipinski definition) is 2. The number of imide groups is 1. The van der Waals surface area contributed by atoms with Gasteiger partial charge in [0.15, 0.2) is 0 Å². The van der Waals surface area contributed by atoms with Crippen LogP contribution in [0.1, 0.15) is 67.4 Å². The number of hydrogen-bond acceptors (Lipinski definition) is 6. The topological polar surface area (TPSA) is 116 Å². The fourth-order valence-corrected chi connectivity index (χ4v) is 4.70. The summed E-state index contributed by atoms with van der Waals surface area (Å²) in [5.41, 5.74) is -0.0139. The molecule has 9 nitrogen and oxygen atoms in total. The van der Waals surface area contributed by atoms with Gasteiger partial charge in [-0.1, -0.05) is 6.07 Å². The van der Waals surface area contributed by atoms with Crippen molar-refractivity contribution in [2.45, 2.75) is 70.2 Å². The van der Waals surface area contributed by atoms with Gasteiger partial charge in [0.2, 0.25) is 11.8 Å². The van der Waals surface area contributed by atoms with Gasteiger partial charge in [0.25, 0.3) is 5.91 Å². The van der Waals surface area contributed by atoms with Crippen molar-refractivity contribution in [2.75, 3.05) is 13.1 Å². The second-order valence-corrected chi connectivity index (χ2v) is 9.78. The molecule has 0 radical (unpaired) electrons. The highest BCUT2D eigenvalue weighted by Crippen LogP contribution is 2.36. The van der Waals surface area contributed by atoms with Crippen molar-refractivity contribution in [1.29, 1.82) is 0 Å². The van der Waals surface area contributed by atoms with Crippen molar-refractivity contribution >= 4 is 23.8 Å². The predicted octanol–water partition coefficient (Wildman–Crippen LogP) is 1.67. The van der Waals surface area contributed by atoms with Crippen LogP contribution in [0.25, 0.3) is 0 Å². The Hall–Kier alpha value is -3.01. The van der Waals surface area contributed by atoms with E-state index >= 15 is 4.39 Å². The summed E-state index contributed by atoms with van der Waals surface area (Å²) in [5, 5.41) is 12.9. The summed E-state index contributed by atoms with van der Waals surface area (Å²) >= 11 is 0. The van der Waals surface area contributed by atoms with E-state index in [1.807, 2.05) is 0 Å². The molecule has 10 heteroatoms. The summed E-state index contributed by atoms with van der Waals surface area (Å²) < 4.78 is 20.9. The number of halogens is 1. The molecule has 2 fully saturated rings. The van der Waals surface area contributed by atoms with Gasteiger partial charge in [-0.25, -0.2) is 9.18 Å². The quantitative estimate of drug-likeness (QED) is 0.648. The van der Waals surface area contributed by atoms with Crippen LogP contribution in [0.2, 0.25) is 0 Å². The van der Waals surface area contributed by atoms with E-state index in [1.54, 1.807) is 20.8 Å². The maximum atomic E-state index is 15.5. The third-order valence-electron chi connectivity index (χ3n) is 6.31. The highest BCUT2D eigenvalue weighted by atomic mass is 19.1. The van der Waals surface area contributed by atoms with Crippen molar-refractivity contribution in [3.63, 3.8) is 0 Å². The highest BCUT2D eigenvalue weighted by Gasteiger charge is 2.42. The lowest BCUT2D eigenvalue weighted by Gasteiger charge is -2.37. The fourth-order valence-electron chi connectivity index (χ4n) is 4.70. The SMILES string of the molecule is CC(C)(C)OC(=O)N1CCC(c2ccc3c(c2F)CN(C2CCC(=O)NC2=O)C3=O)C(O)C1. The largest absolute Gasteiger partial charge is 0.444 e. The fraction of sp³-hybridized carbons (Fsp3) is 0.565. The van der Waals surface area contributed by atoms with Gasteiger partial charge in [-0.3, -0.25) is 19.7 Å². The Bertz CT molecular complexity index is 1020. The number of amides is 4. The van der Waals surface area contributed by atoms with Gasteiger partial charge in [0, 0.05) is 30.0 Å². The Balaban J connectivity index is 1.50. The lowest BCUT2D eigenvalue weighted by atomic mass is 9.85. The van der Waals surface area contributed by atoms with Gasteiger partial charge >= 0.3 is 6.09 Å².